The van der Waals surface area contributed by atoms with Gasteiger partial charge in [0.1, 0.15) is 11.6 Å². The topological polar surface area (TPSA) is 82.4 Å². The van der Waals surface area contributed by atoms with Crippen LogP contribution >= 0.6 is 0 Å². The van der Waals surface area contributed by atoms with Gasteiger partial charge in [-0.3, -0.25) is 9.59 Å². The summed E-state index contributed by atoms with van der Waals surface area (Å²) in [4.78, 5) is 26.2. The number of rotatable bonds is 7. The number of amides is 1. The van der Waals surface area contributed by atoms with Crippen molar-refractivity contribution in [2.45, 2.75) is 46.0 Å². The minimum Gasteiger partial charge on any atom is -0.466 e. The van der Waals surface area contributed by atoms with Crippen molar-refractivity contribution in [2.75, 3.05) is 25.0 Å². The number of ether oxygens (including phenoxy) is 1. The van der Waals surface area contributed by atoms with Crippen LogP contribution in [0, 0.1) is 17.2 Å². The Morgan fingerprint density at radius 3 is 2.61 bits per heavy atom. The van der Waals surface area contributed by atoms with E-state index in [1.165, 1.54) is 6.20 Å². The average molecular weight is 383 g/mol. The molecule has 0 saturated carbocycles. The summed E-state index contributed by atoms with van der Waals surface area (Å²) >= 11 is 0. The van der Waals surface area contributed by atoms with E-state index in [0.717, 1.165) is 17.7 Å². The van der Waals surface area contributed by atoms with Gasteiger partial charge in [0.2, 0.25) is 0 Å². The number of benzene rings is 1. The van der Waals surface area contributed by atoms with E-state index in [1.54, 1.807) is 11.8 Å². The molecule has 28 heavy (non-hydrogen) atoms. The average Bonchev–Trinajstić information content (AvgIpc) is 2.74. The lowest BCUT2D eigenvalue weighted by atomic mass is 9.96. The van der Waals surface area contributed by atoms with Crippen molar-refractivity contribution in [3.8, 4) is 6.07 Å². The normalized spacial score (nSPS) is 16.2. The zero-order valence-corrected chi connectivity index (χ0v) is 16.9. The lowest BCUT2D eigenvalue weighted by Crippen LogP contribution is -2.41. The Labute approximate surface area is 167 Å². The molecule has 1 heterocycles. The van der Waals surface area contributed by atoms with E-state index in [-0.39, 0.29) is 23.4 Å². The molecule has 1 aromatic carbocycles. The van der Waals surface area contributed by atoms with Gasteiger partial charge >= 0.3 is 5.97 Å². The number of nitrogens with one attached hydrogen (secondary N) is 1. The summed E-state index contributed by atoms with van der Waals surface area (Å²) in [6, 6.07) is 9.92. The van der Waals surface area contributed by atoms with Crippen molar-refractivity contribution in [2.24, 2.45) is 5.92 Å². The lowest BCUT2D eigenvalue weighted by molar-refractivity contribution is -0.150. The standard InChI is InChI=1S/C22H29N3O3/c1-4-16(3)19-8-6-7-9-20(19)24-15-18(14-23)21(26)25-12-10-17(11-13-25)22(27)28-5-2/h6-9,15-17,24H,4-5,10-13H2,1-3H3/b18-15-. The first-order chi connectivity index (χ1) is 13.5. The molecule has 0 aliphatic carbocycles. The molecule has 1 saturated heterocycles. The Morgan fingerprint density at radius 1 is 1.32 bits per heavy atom. The van der Waals surface area contributed by atoms with Gasteiger partial charge < -0.3 is 15.0 Å². The number of likely N-dealkylation sites (tertiary alicyclic amines) is 1. The number of hydrogen-bond acceptors (Lipinski definition) is 5. The Bertz CT molecular complexity index is 759. The van der Waals surface area contributed by atoms with Gasteiger partial charge in [-0.1, -0.05) is 32.0 Å². The Hall–Kier alpha value is -2.81. The van der Waals surface area contributed by atoms with E-state index in [1.807, 2.05) is 24.3 Å². The number of para-hydroxylation sites is 1. The molecular weight excluding hydrogens is 354 g/mol. The third-order valence-corrected chi connectivity index (χ3v) is 5.23. The number of carbonyl (C=O) groups is 2. The molecule has 1 amide bonds. The van der Waals surface area contributed by atoms with Crippen LogP contribution in [0.2, 0.25) is 0 Å². The van der Waals surface area contributed by atoms with Crippen molar-refractivity contribution in [1.29, 1.82) is 5.26 Å². The fourth-order valence-electron chi connectivity index (χ4n) is 3.32. The van der Waals surface area contributed by atoms with Crippen molar-refractivity contribution < 1.29 is 14.3 Å². The highest BCUT2D eigenvalue weighted by molar-refractivity contribution is 5.97. The summed E-state index contributed by atoms with van der Waals surface area (Å²) in [5.74, 6) is -0.299. The molecule has 1 aromatic rings. The predicted molar refractivity (Wildman–Crippen MR) is 108 cm³/mol. The molecule has 1 aliphatic heterocycles. The largest absolute Gasteiger partial charge is 0.466 e. The molecule has 150 valence electrons. The molecule has 6 heteroatoms. The summed E-state index contributed by atoms with van der Waals surface area (Å²) in [6.45, 7) is 7.32. The highest BCUT2D eigenvalue weighted by Crippen LogP contribution is 2.27. The van der Waals surface area contributed by atoms with Gasteiger partial charge in [-0.05, 0) is 43.7 Å². The van der Waals surface area contributed by atoms with E-state index in [9.17, 15) is 14.9 Å². The Morgan fingerprint density at radius 2 is 2.00 bits per heavy atom. The SMILES string of the molecule is CCOC(=O)C1CCN(C(=O)/C(C#N)=C\Nc2ccccc2C(C)CC)CC1. The Balaban J connectivity index is 2.03. The predicted octanol–water partition coefficient (Wildman–Crippen LogP) is 3.82. The van der Waals surface area contributed by atoms with E-state index >= 15 is 0 Å². The van der Waals surface area contributed by atoms with Crippen molar-refractivity contribution in [3.05, 3.63) is 41.6 Å². The smallest absolute Gasteiger partial charge is 0.309 e. The third kappa shape index (κ3) is 5.35. The van der Waals surface area contributed by atoms with Crippen LogP contribution in [0.4, 0.5) is 5.69 Å². The van der Waals surface area contributed by atoms with Gasteiger partial charge in [0.05, 0.1) is 12.5 Å². The summed E-state index contributed by atoms with van der Waals surface area (Å²) in [7, 11) is 0. The molecule has 1 N–H and O–H groups in total. The summed E-state index contributed by atoms with van der Waals surface area (Å²) in [6.07, 6.45) is 3.62. The van der Waals surface area contributed by atoms with Gasteiger partial charge in [-0.15, -0.1) is 0 Å². The van der Waals surface area contributed by atoms with Crippen molar-refractivity contribution in [3.63, 3.8) is 0 Å². The molecule has 2 rings (SSSR count). The number of nitrogens with zero attached hydrogens (tertiary/aromatic N) is 2. The molecule has 1 aliphatic rings. The van der Waals surface area contributed by atoms with E-state index in [2.05, 4.69) is 25.2 Å². The van der Waals surface area contributed by atoms with Gasteiger partial charge in [-0.25, -0.2) is 0 Å². The van der Waals surface area contributed by atoms with E-state index in [4.69, 9.17) is 4.74 Å². The molecule has 0 aromatic heterocycles. The molecular formula is C22H29N3O3. The van der Waals surface area contributed by atoms with Crippen LogP contribution in [0.1, 0.15) is 51.5 Å². The van der Waals surface area contributed by atoms with Crippen LogP contribution in [-0.4, -0.2) is 36.5 Å². The monoisotopic (exact) mass is 383 g/mol. The number of carbonyl (C=O) groups excluding carboxylic acids is 2. The number of nitriles is 1. The third-order valence-electron chi connectivity index (χ3n) is 5.23. The Kier molecular flexibility index (Phi) is 8.06. The van der Waals surface area contributed by atoms with Gasteiger partial charge in [0.25, 0.3) is 5.91 Å². The molecule has 0 bridgehead atoms. The quantitative estimate of drug-likeness (QED) is 0.440. The first kappa shape index (κ1) is 21.5. The number of esters is 1. The maximum Gasteiger partial charge on any atom is 0.309 e. The number of anilines is 1. The fourth-order valence-corrected chi connectivity index (χ4v) is 3.32. The zero-order chi connectivity index (χ0) is 20.5. The minimum atomic E-state index is -0.307. The molecule has 0 radical (unpaired) electrons. The second-order valence-corrected chi connectivity index (χ2v) is 7.03. The summed E-state index contributed by atoms with van der Waals surface area (Å²) in [5, 5.41) is 12.6. The van der Waals surface area contributed by atoms with Crippen LogP contribution in [-0.2, 0) is 14.3 Å². The van der Waals surface area contributed by atoms with Crippen LogP contribution in [0.3, 0.4) is 0 Å². The van der Waals surface area contributed by atoms with Crippen LogP contribution in [0.25, 0.3) is 0 Å². The lowest BCUT2D eigenvalue weighted by Gasteiger charge is -2.30. The second kappa shape index (κ2) is 10.5. The van der Waals surface area contributed by atoms with Crippen molar-refractivity contribution >= 4 is 17.6 Å². The fraction of sp³-hybridized carbons (Fsp3) is 0.500. The van der Waals surface area contributed by atoms with E-state index in [0.29, 0.717) is 38.5 Å². The number of hydrogen-bond donors (Lipinski definition) is 1. The molecule has 6 nitrogen and oxygen atoms in total. The van der Waals surface area contributed by atoms with E-state index < -0.39 is 0 Å². The van der Waals surface area contributed by atoms with Crippen molar-refractivity contribution in [1.82, 2.24) is 4.90 Å². The molecule has 1 unspecified atom stereocenters. The van der Waals surface area contributed by atoms with Gasteiger partial charge in [0.15, 0.2) is 0 Å². The first-order valence-corrected chi connectivity index (χ1v) is 9.93. The van der Waals surface area contributed by atoms with Crippen LogP contribution in [0.5, 0.6) is 0 Å². The summed E-state index contributed by atoms with van der Waals surface area (Å²) < 4.78 is 5.06. The number of piperidine rings is 1. The van der Waals surface area contributed by atoms with Crippen LogP contribution in [0.15, 0.2) is 36.0 Å². The molecule has 1 atom stereocenters. The summed E-state index contributed by atoms with van der Waals surface area (Å²) in [5.41, 5.74) is 2.12. The zero-order valence-electron chi connectivity index (χ0n) is 16.9. The van der Waals surface area contributed by atoms with Crippen LogP contribution < -0.4 is 5.32 Å². The second-order valence-electron chi connectivity index (χ2n) is 7.03. The minimum absolute atomic E-state index is 0.0635. The molecule has 0 spiro atoms. The maximum absolute atomic E-state index is 12.7. The highest BCUT2D eigenvalue weighted by atomic mass is 16.5. The first-order valence-electron chi connectivity index (χ1n) is 9.93. The maximum atomic E-state index is 12.7. The van der Waals surface area contributed by atoms with Gasteiger partial charge in [-0.2, -0.15) is 5.26 Å². The highest BCUT2D eigenvalue weighted by Gasteiger charge is 2.29. The molecule has 1 fully saturated rings. The van der Waals surface area contributed by atoms with Gasteiger partial charge in [0, 0.05) is 25.0 Å².